The minimum atomic E-state index is -0.265. The van der Waals surface area contributed by atoms with E-state index in [1.807, 2.05) is 29.5 Å². The first kappa shape index (κ1) is 18.4. The third kappa shape index (κ3) is 3.31. The lowest BCUT2D eigenvalue weighted by Crippen LogP contribution is -2.03. The molecular formula is C21H18ClFN4O. The van der Waals surface area contributed by atoms with Crippen molar-refractivity contribution in [2.45, 2.75) is 19.8 Å². The van der Waals surface area contributed by atoms with Gasteiger partial charge in [-0.25, -0.2) is 9.37 Å². The molecule has 0 amide bonds. The number of methoxy groups -OCH3 is 1. The van der Waals surface area contributed by atoms with Crippen molar-refractivity contribution in [2.24, 2.45) is 0 Å². The first-order valence-corrected chi connectivity index (χ1v) is 9.23. The van der Waals surface area contributed by atoms with Crippen LogP contribution in [0.2, 0.25) is 5.15 Å². The van der Waals surface area contributed by atoms with Gasteiger partial charge in [0.25, 0.3) is 0 Å². The zero-order valence-corrected chi connectivity index (χ0v) is 16.2. The van der Waals surface area contributed by atoms with Crippen LogP contribution in [0, 0.1) is 12.7 Å². The van der Waals surface area contributed by atoms with Crippen molar-refractivity contribution >= 4 is 17.2 Å². The van der Waals surface area contributed by atoms with Crippen molar-refractivity contribution in [3.63, 3.8) is 0 Å². The Morgan fingerprint density at radius 2 is 1.89 bits per heavy atom. The van der Waals surface area contributed by atoms with E-state index in [9.17, 15) is 4.39 Å². The third-order valence-corrected chi connectivity index (χ3v) is 5.02. The van der Waals surface area contributed by atoms with Gasteiger partial charge in [0, 0.05) is 28.1 Å². The van der Waals surface area contributed by atoms with Gasteiger partial charge in [0.2, 0.25) is 0 Å². The van der Waals surface area contributed by atoms with Crippen LogP contribution in [0.4, 0.5) is 4.39 Å². The molecule has 0 atom stereocenters. The molecule has 4 rings (SSSR count). The van der Waals surface area contributed by atoms with Gasteiger partial charge in [0.15, 0.2) is 5.65 Å². The summed E-state index contributed by atoms with van der Waals surface area (Å²) < 4.78 is 21.5. The number of hydrogen-bond donors (Lipinski definition) is 0. The SMILES string of the molecule is COc1cccc(F)c1CCc1ccc(-c2ccc(Cl)nc2C)c2nncn12. The van der Waals surface area contributed by atoms with Crippen LogP contribution in [-0.2, 0) is 12.8 Å². The van der Waals surface area contributed by atoms with Crippen LogP contribution in [0.3, 0.4) is 0 Å². The van der Waals surface area contributed by atoms with E-state index in [1.165, 1.54) is 6.07 Å². The van der Waals surface area contributed by atoms with Crippen LogP contribution >= 0.6 is 11.6 Å². The van der Waals surface area contributed by atoms with Crippen molar-refractivity contribution in [3.05, 3.63) is 76.7 Å². The second-order valence-corrected chi connectivity index (χ2v) is 6.84. The van der Waals surface area contributed by atoms with Gasteiger partial charge >= 0.3 is 0 Å². The van der Waals surface area contributed by atoms with Gasteiger partial charge in [-0.3, -0.25) is 4.40 Å². The molecule has 7 heteroatoms. The number of fused-ring (bicyclic) bond motifs is 1. The molecule has 142 valence electrons. The third-order valence-electron chi connectivity index (χ3n) is 4.81. The zero-order chi connectivity index (χ0) is 19.7. The fourth-order valence-electron chi connectivity index (χ4n) is 3.42. The molecule has 3 aromatic heterocycles. The number of halogens is 2. The molecule has 0 spiro atoms. The quantitative estimate of drug-likeness (QED) is 0.459. The summed E-state index contributed by atoms with van der Waals surface area (Å²) in [5.74, 6) is 0.290. The summed E-state index contributed by atoms with van der Waals surface area (Å²) in [5.41, 5.74) is 4.96. The number of ether oxygens (including phenoxy) is 1. The fourth-order valence-corrected chi connectivity index (χ4v) is 3.61. The molecule has 5 nitrogen and oxygen atoms in total. The predicted octanol–water partition coefficient (Wildman–Crippen LogP) is 4.69. The zero-order valence-electron chi connectivity index (χ0n) is 15.5. The number of pyridine rings is 2. The molecule has 0 fully saturated rings. The average Bonchev–Trinajstić information content (AvgIpc) is 3.17. The lowest BCUT2D eigenvalue weighted by Gasteiger charge is -2.12. The maximum Gasteiger partial charge on any atom is 0.168 e. The molecule has 28 heavy (non-hydrogen) atoms. The number of benzene rings is 1. The van der Waals surface area contributed by atoms with E-state index in [0.717, 1.165) is 28.2 Å². The number of rotatable bonds is 5. The number of aryl methyl sites for hydroxylation is 2. The van der Waals surface area contributed by atoms with Crippen molar-refractivity contribution < 1.29 is 9.13 Å². The van der Waals surface area contributed by atoms with Gasteiger partial charge in [0.1, 0.15) is 23.0 Å². The van der Waals surface area contributed by atoms with Crippen LogP contribution in [0.5, 0.6) is 5.75 Å². The largest absolute Gasteiger partial charge is 0.496 e. The van der Waals surface area contributed by atoms with Crippen LogP contribution in [0.1, 0.15) is 17.0 Å². The molecular weight excluding hydrogens is 379 g/mol. The Morgan fingerprint density at radius 1 is 1.07 bits per heavy atom. The van der Waals surface area contributed by atoms with E-state index in [1.54, 1.807) is 31.6 Å². The van der Waals surface area contributed by atoms with Crippen molar-refractivity contribution in [1.29, 1.82) is 0 Å². The van der Waals surface area contributed by atoms with Gasteiger partial charge in [-0.2, -0.15) is 0 Å². The van der Waals surface area contributed by atoms with Gasteiger partial charge in [-0.15, -0.1) is 10.2 Å². The fraction of sp³-hybridized carbons (Fsp3) is 0.190. The molecule has 0 unspecified atom stereocenters. The van der Waals surface area contributed by atoms with Gasteiger partial charge < -0.3 is 4.74 Å². The standard InChI is InChI=1S/C21H18ClFN4O/c1-13-15(10-11-20(22)25-13)16-8-6-14(27-12-24-26-21(16)27)7-9-17-18(23)4-3-5-19(17)28-2/h3-6,8,10-12H,7,9H2,1-2H3. The molecule has 0 aliphatic rings. The molecule has 4 aromatic rings. The van der Waals surface area contributed by atoms with Crippen LogP contribution < -0.4 is 4.74 Å². The Kier molecular flexibility index (Phi) is 4.96. The van der Waals surface area contributed by atoms with E-state index in [0.29, 0.717) is 29.3 Å². The molecule has 3 heterocycles. The Bertz CT molecular complexity index is 1160. The first-order valence-electron chi connectivity index (χ1n) is 8.85. The van der Waals surface area contributed by atoms with E-state index < -0.39 is 0 Å². The molecule has 0 aliphatic heterocycles. The predicted molar refractivity (Wildman–Crippen MR) is 106 cm³/mol. The first-order chi connectivity index (χ1) is 13.6. The lowest BCUT2D eigenvalue weighted by atomic mass is 10.0. The van der Waals surface area contributed by atoms with E-state index in [2.05, 4.69) is 15.2 Å². The van der Waals surface area contributed by atoms with E-state index in [-0.39, 0.29) is 5.82 Å². The molecule has 0 radical (unpaired) electrons. The molecule has 0 N–H and O–H groups in total. The lowest BCUT2D eigenvalue weighted by molar-refractivity contribution is 0.404. The molecule has 0 saturated carbocycles. The second-order valence-electron chi connectivity index (χ2n) is 6.45. The Hall–Kier alpha value is -2.99. The Morgan fingerprint density at radius 3 is 2.68 bits per heavy atom. The summed E-state index contributed by atoms with van der Waals surface area (Å²) in [6.45, 7) is 1.91. The summed E-state index contributed by atoms with van der Waals surface area (Å²) in [5, 5.41) is 8.80. The van der Waals surface area contributed by atoms with E-state index in [4.69, 9.17) is 16.3 Å². The smallest absolute Gasteiger partial charge is 0.168 e. The summed E-state index contributed by atoms with van der Waals surface area (Å²) in [4.78, 5) is 4.32. The van der Waals surface area contributed by atoms with E-state index >= 15 is 0 Å². The highest BCUT2D eigenvalue weighted by atomic mass is 35.5. The van der Waals surface area contributed by atoms with Crippen molar-refractivity contribution in [1.82, 2.24) is 19.6 Å². The molecule has 0 bridgehead atoms. The monoisotopic (exact) mass is 396 g/mol. The molecule has 0 aliphatic carbocycles. The number of aromatic nitrogens is 4. The Balaban J connectivity index is 1.70. The summed E-state index contributed by atoms with van der Waals surface area (Å²) in [6.07, 6.45) is 2.79. The summed E-state index contributed by atoms with van der Waals surface area (Å²) in [6, 6.07) is 12.6. The minimum absolute atomic E-state index is 0.265. The summed E-state index contributed by atoms with van der Waals surface area (Å²) in [7, 11) is 1.55. The topological polar surface area (TPSA) is 52.3 Å². The van der Waals surface area contributed by atoms with Gasteiger partial charge in [-0.05, 0) is 56.2 Å². The highest BCUT2D eigenvalue weighted by Gasteiger charge is 2.14. The molecule has 1 aromatic carbocycles. The number of nitrogens with zero attached hydrogens (tertiary/aromatic N) is 4. The molecule has 0 saturated heterocycles. The minimum Gasteiger partial charge on any atom is -0.496 e. The van der Waals surface area contributed by atoms with Crippen LogP contribution in [0.15, 0.2) is 48.8 Å². The van der Waals surface area contributed by atoms with Crippen LogP contribution in [-0.4, -0.2) is 26.7 Å². The van der Waals surface area contributed by atoms with Crippen molar-refractivity contribution in [2.75, 3.05) is 7.11 Å². The van der Waals surface area contributed by atoms with Gasteiger partial charge in [-0.1, -0.05) is 17.7 Å². The Labute approximate surface area is 166 Å². The highest BCUT2D eigenvalue weighted by molar-refractivity contribution is 6.29. The second kappa shape index (κ2) is 7.56. The maximum atomic E-state index is 14.2. The number of hydrogen-bond acceptors (Lipinski definition) is 4. The highest BCUT2D eigenvalue weighted by Crippen LogP contribution is 2.29. The van der Waals surface area contributed by atoms with Crippen LogP contribution in [0.25, 0.3) is 16.8 Å². The van der Waals surface area contributed by atoms with Gasteiger partial charge in [0.05, 0.1) is 7.11 Å². The van der Waals surface area contributed by atoms with Crippen molar-refractivity contribution in [3.8, 4) is 16.9 Å². The average molecular weight is 397 g/mol. The summed E-state index contributed by atoms with van der Waals surface area (Å²) >= 11 is 5.98. The maximum absolute atomic E-state index is 14.2. The normalized spacial score (nSPS) is 11.1.